The fraction of sp³-hybridized carbons (Fsp3) is 0.467. The molecular formula is C15H19NO5. The molecule has 0 spiro atoms. The molecule has 1 saturated heterocycles. The van der Waals surface area contributed by atoms with Crippen molar-refractivity contribution in [1.29, 1.82) is 0 Å². The molecule has 21 heavy (non-hydrogen) atoms. The number of ether oxygens (including phenoxy) is 2. The van der Waals surface area contributed by atoms with Crippen LogP contribution in [-0.2, 0) is 14.3 Å². The second-order valence-corrected chi connectivity index (χ2v) is 4.97. The first-order valence-electron chi connectivity index (χ1n) is 6.88. The Kier molecular flexibility index (Phi) is 5.16. The van der Waals surface area contributed by atoms with Gasteiger partial charge in [0.05, 0.1) is 25.6 Å². The first-order chi connectivity index (χ1) is 10.1. The largest absolute Gasteiger partial charge is 0.497 e. The van der Waals surface area contributed by atoms with Gasteiger partial charge in [-0.25, -0.2) is 0 Å². The van der Waals surface area contributed by atoms with Crippen molar-refractivity contribution in [2.75, 3.05) is 19.0 Å². The first kappa shape index (κ1) is 15.3. The van der Waals surface area contributed by atoms with Gasteiger partial charge in [-0.05, 0) is 37.1 Å². The van der Waals surface area contributed by atoms with Gasteiger partial charge < -0.3 is 19.9 Å². The van der Waals surface area contributed by atoms with Crippen LogP contribution >= 0.6 is 0 Å². The van der Waals surface area contributed by atoms with Crippen molar-refractivity contribution in [3.63, 3.8) is 0 Å². The van der Waals surface area contributed by atoms with Crippen LogP contribution in [0, 0.1) is 5.92 Å². The smallest absolute Gasteiger partial charge is 0.304 e. The Morgan fingerprint density at radius 1 is 1.43 bits per heavy atom. The summed E-state index contributed by atoms with van der Waals surface area (Å²) in [6.07, 6.45) is 1.02. The number of benzene rings is 1. The van der Waals surface area contributed by atoms with Crippen LogP contribution in [0.4, 0.5) is 5.69 Å². The number of carboxylic acids is 1. The zero-order chi connectivity index (χ0) is 15.2. The summed E-state index contributed by atoms with van der Waals surface area (Å²) in [7, 11) is 1.56. The fourth-order valence-corrected chi connectivity index (χ4v) is 2.41. The van der Waals surface area contributed by atoms with Gasteiger partial charge in [0.2, 0.25) is 5.91 Å². The topological polar surface area (TPSA) is 84.9 Å². The van der Waals surface area contributed by atoms with Crippen LogP contribution in [0.5, 0.6) is 5.75 Å². The van der Waals surface area contributed by atoms with Crippen molar-refractivity contribution in [3.8, 4) is 5.75 Å². The highest BCUT2D eigenvalue weighted by molar-refractivity contribution is 5.94. The maximum atomic E-state index is 12.3. The third-order valence-corrected chi connectivity index (χ3v) is 3.50. The number of hydrogen-bond donors (Lipinski definition) is 2. The molecule has 1 fully saturated rings. The molecule has 0 bridgehead atoms. The molecule has 1 aliphatic rings. The Morgan fingerprint density at radius 3 is 2.67 bits per heavy atom. The van der Waals surface area contributed by atoms with Crippen LogP contribution in [0.3, 0.4) is 0 Å². The summed E-state index contributed by atoms with van der Waals surface area (Å²) in [5.74, 6) is -1.31. The van der Waals surface area contributed by atoms with E-state index in [0.29, 0.717) is 24.5 Å². The zero-order valence-corrected chi connectivity index (χ0v) is 11.9. The van der Waals surface area contributed by atoms with Gasteiger partial charge >= 0.3 is 5.97 Å². The summed E-state index contributed by atoms with van der Waals surface area (Å²) in [5.41, 5.74) is 0.606. The lowest BCUT2D eigenvalue weighted by Crippen LogP contribution is -2.34. The van der Waals surface area contributed by atoms with Crippen LogP contribution < -0.4 is 10.1 Å². The lowest BCUT2D eigenvalue weighted by Gasteiger charge is -2.20. The number of carbonyl (C=O) groups excluding carboxylic acids is 1. The van der Waals surface area contributed by atoms with Crippen molar-refractivity contribution < 1.29 is 24.2 Å². The molecule has 2 N–H and O–H groups in total. The summed E-state index contributed by atoms with van der Waals surface area (Å²) in [4.78, 5) is 23.3. The quantitative estimate of drug-likeness (QED) is 0.837. The Balaban J connectivity index is 2.04. The van der Waals surface area contributed by atoms with E-state index < -0.39 is 11.9 Å². The number of nitrogens with one attached hydrogen (secondary N) is 1. The molecule has 1 aliphatic heterocycles. The average molecular weight is 293 g/mol. The predicted molar refractivity (Wildman–Crippen MR) is 76.3 cm³/mol. The van der Waals surface area contributed by atoms with Crippen molar-refractivity contribution >= 4 is 17.6 Å². The molecular weight excluding hydrogens is 274 g/mol. The first-order valence-corrected chi connectivity index (χ1v) is 6.88. The number of aliphatic carboxylic acids is 1. The minimum Gasteiger partial charge on any atom is -0.497 e. The summed E-state index contributed by atoms with van der Waals surface area (Å²) in [6.45, 7) is 0.580. The highest BCUT2D eigenvalue weighted by Gasteiger charge is 2.33. The molecule has 2 atom stereocenters. The molecule has 114 valence electrons. The molecule has 1 aromatic carbocycles. The van der Waals surface area contributed by atoms with Gasteiger partial charge in [0.15, 0.2) is 0 Å². The highest BCUT2D eigenvalue weighted by atomic mass is 16.5. The second-order valence-electron chi connectivity index (χ2n) is 4.97. The molecule has 0 saturated carbocycles. The van der Waals surface area contributed by atoms with Crippen molar-refractivity contribution in [2.45, 2.75) is 25.4 Å². The van der Waals surface area contributed by atoms with E-state index in [4.69, 9.17) is 14.6 Å². The molecule has 1 aromatic rings. The van der Waals surface area contributed by atoms with Crippen molar-refractivity contribution in [3.05, 3.63) is 24.3 Å². The number of rotatable bonds is 6. The summed E-state index contributed by atoms with van der Waals surface area (Å²) >= 11 is 0. The van der Waals surface area contributed by atoms with Gasteiger partial charge in [-0.2, -0.15) is 0 Å². The summed E-state index contributed by atoms with van der Waals surface area (Å²) < 4.78 is 10.5. The Bertz CT molecular complexity index is 493. The Hall–Kier alpha value is -2.08. The van der Waals surface area contributed by atoms with E-state index >= 15 is 0 Å². The SMILES string of the molecule is COc1ccc(NC(=O)[C@@H](CC(=O)O)[C@@H]2CCCO2)cc1. The van der Waals surface area contributed by atoms with E-state index in [2.05, 4.69) is 5.32 Å². The van der Waals surface area contributed by atoms with E-state index in [1.807, 2.05) is 0 Å². The fourth-order valence-electron chi connectivity index (χ4n) is 2.41. The minimum atomic E-state index is -1.000. The number of methoxy groups -OCH3 is 1. The van der Waals surface area contributed by atoms with Crippen LogP contribution in [-0.4, -0.2) is 36.8 Å². The van der Waals surface area contributed by atoms with Gasteiger partial charge in [-0.1, -0.05) is 0 Å². The van der Waals surface area contributed by atoms with Gasteiger partial charge in [-0.3, -0.25) is 9.59 Å². The normalized spacial score (nSPS) is 19.0. The molecule has 1 heterocycles. The number of anilines is 1. The highest BCUT2D eigenvalue weighted by Crippen LogP contribution is 2.25. The standard InChI is InChI=1S/C15H19NO5/c1-20-11-6-4-10(5-7-11)16-15(19)12(9-14(17)18)13-3-2-8-21-13/h4-7,12-13H,2-3,8-9H2,1H3,(H,16,19)(H,17,18)/t12-,13-/m0/s1. The van der Waals surface area contributed by atoms with Gasteiger partial charge in [0, 0.05) is 12.3 Å². The third-order valence-electron chi connectivity index (χ3n) is 3.50. The van der Waals surface area contributed by atoms with Crippen molar-refractivity contribution in [2.24, 2.45) is 5.92 Å². The molecule has 0 aromatic heterocycles. The molecule has 6 heteroatoms. The van der Waals surface area contributed by atoms with E-state index in [9.17, 15) is 9.59 Å². The van der Waals surface area contributed by atoms with Gasteiger partial charge in [-0.15, -0.1) is 0 Å². The summed E-state index contributed by atoms with van der Waals surface area (Å²) in [5, 5.41) is 11.7. The van der Waals surface area contributed by atoms with E-state index in [-0.39, 0.29) is 18.4 Å². The van der Waals surface area contributed by atoms with E-state index in [0.717, 1.165) is 6.42 Å². The van der Waals surface area contributed by atoms with E-state index in [1.165, 1.54) is 0 Å². The molecule has 6 nitrogen and oxygen atoms in total. The molecule has 1 amide bonds. The molecule has 0 aliphatic carbocycles. The Labute approximate surface area is 123 Å². The monoisotopic (exact) mass is 293 g/mol. The number of carbonyl (C=O) groups is 2. The van der Waals surface area contributed by atoms with Crippen LogP contribution in [0.2, 0.25) is 0 Å². The zero-order valence-electron chi connectivity index (χ0n) is 11.9. The molecule has 0 radical (unpaired) electrons. The number of hydrogen-bond acceptors (Lipinski definition) is 4. The van der Waals surface area contributed by atoms with Crippen LogP contribution in [0.15, 0.2) is 24.3 Å². The molecule has 2 rings (SSSR count). The van der Waals surface area contributed by atoms with Crippen molar-refractivity contribution in [1.82, 2.24) is 0 Å². The van der Waals surface area contributed by atoms with Gasteiger partial charge in [0.1, 0.15) is 5.75 Å². The lowest BCUT2D eigenvalue weighted by atomic mass is 9.95. The maximum absolute atomic E-state index is 12.3. The van der Waals surface area contributed by atoms with Gasteiger partial charge in [0.25, 0.3) is 0 Å². The lowest BCUT2D eigenvalue weighted by molar-refractivity contribution is -0.142. The minimum absolute atomic E-state index is 0.230. The molecule has 0 unspecified atom stereocenters. The maximum Gasteiger partial charge on any atom is 0.304 e. The average Bonchev–Trinajstić information content (AvgIpc) is 2.99. The van der Waals surface area contributed by atoms with Crippen LogP contribution in [0.1, 0.15) is 19.3 Å². The van der Waals surface area contributed by atoms with Crippen LogP contribution in [0.25, 0.3) is 0 Å². The Morgan fingerprint density at radius 2 is 2.14 bits per heavy atom. The predicted octanol–water partition coefficient (Wildman–Crippen LogP) is 1.90. The second kappa shape index (κ2) is 7.08. The van der Waals surface area contributed by atoms with E-state index in [1.54, 1.807) is 31.4 Å². The third kappa shape index (κ3) is 4.19. The summed E-state index contributed by atoms with van der Waals surface area (Å²) in [6, 6.07) is 6.88. The number of carboxylic acid groups (broad SMARTS) is 1. The number of amides is 1.